The molecule has 3 rings (SSSR count). The molecule has 30 heavy (non-hydrogen) atoms. The number of benzene rings is 2. The molecule has 0 saturated heterocycles. The maximum Gasteiger partial charge on any atom is 0.130 e. The SMILES string of the molecule is C=C1CC(COCc2ccccc2)(COCc2ccccc2)CC1(C=O)CCCC. The number of carbonyl (C=O) groups is 1. The van der Waals surface area contributed by atoms with Gasteiger partial charge in [-0.25, -0.2) is 0 Å². The summed E-state index contributed by atoms with van der Waals surface area (Å²) >= 11 is 0. The van der Waals surface area contributed by atoms with Gasteiger partial charge in [0, 0.05) is 10.8 Å². The topological polar surface area (TPSA) is 35.5 Å². The maximum absolute atomic E-state index is 12.2. The van der Waals surface area contributed by atoms with Gasteiger partial charge in [0.05, 0.1) is 26.4 Å². The van der Waals surface area contributed by atoms with E-state index >= 15 is 0 Å². The average molecular weight is 407 g/mol. The van der Waals surface area contributed by atoms with E-state index < -0.39 is 5.41 Å². The molecular weight excluding hydrogens is 372 g/mol. The fourth-order valence-electron chi connectivity index (χ4n) is 4.59. The van der Waals surface area contributed by atoms with Gasteiger partial charge in [0.1, 0.15) is 6.29 Å². The molecule has 1 atom stereocenters. The van der Waals surface area contributed by atoms with Crippen LogP contribution in [0.1, 0.15) is 50.2 Å². The fraction of sp³-hybridized carbons (Fsp3) is 0.444. The van der Waals surface area contributed by atoms with E-state index in [1.54, 1.807) is 0 Å². The summed E-state index contributed by atoms with van der Waals surface area (Å²) in [5, 5.41) is 0. The predicted molar refractivity (Wildman–Crippen MR) is 121 cm³/mol. The Morgan fingerprint density at radius 1 is 0.933 bits per heavy atom. The minimum atomic E-state index is -0.442. The van der Waals surface area contributed by atoms with E-state index in [-0.39, 0.29) is 5.41 Å². The van der Waals surface area contributed by atoms with Crippen molar-refractivity contribution in [3.8, 4) is 0 Å². The van der Waals surface area contributed by atoms with Gasteiger partial charge in [0.2, 0.25) is 0 Å². The third-order valence-electron chi connectivity index (χ3n) is 6.22. The molecule has 0 heterocycles. The van der Waals surface area contributed by atoms with E-state index in [0.717, 1.165) is 55.1 Å². The first-order valence-corrected chi connectivity index (χ1v) is 11.0. The van der Waals surface area contributed by atoms with E-state index in [9.17, 15) is 4.79 Å². The van der Waals surface area contributed by atoms with Crippen molar-refractivity contribution in [3.05, 3.63) is 83.9 Å². The van der Waals surface area contributed by atoms with Crippen LogP contribution in [0.25, 0.3) is 0 Å². The molecule has 0 amide bonds. The smallest absolute Gasteiger partial charge is 0.130 e. The van der Waals surface area contributed by atoms with Gasteiger partial charge >= 0.3 is 0 Å². The van der Waals surface area contributed by atoms with Crippen LogP contribution in [0.5, 0.6) is 0 Å². The second-order valence-electron chi connectivity index (χ2n) is 8.79. The van der Waals surface area contributed by atoms with Crippen LogP contribution in [0, 0.1) is 10.8 Å². The predicted octanol–water partition coefficient (Wildman–Crippen LogP) is 6.13. The Kier molecular flexibility index (Phi) is 8.01. The Labute approximate surface area is 181 Å². The molecule has 1 saturated carbocycles. The van der Waals surface area contributed by atoms with Crippen LogP contribution in [0.4, 0.5) is 0 Å². The molecule has 1 fully saturated rings. The van der Waals surface area contributed by atoms with E-state index in [1.165, 1.54) is 0 Å². The highest BCUT2D eigenvalue weighted by Crippen LogP contribution is 2.54. The summed E-state index contributed by atoms with van der Waals surface area (Å²) < 4.78 is 12.3. The molecule has 0 radical (unpaired) electrons. The summed E-state index contributed by atoms with van der Waals surface area (Å²) in [4.78, 5) is 12.2. The Balaban J connectivity index is 1.69. The molecular formula is C27H34O3. The summed E-state index contributed by atoms with van der Waals surface area (Å²) in [5.74, 6) is 0. The number of ether oxygens (including phenoxy) is 2. The average Bonchev–Trinajstić information content (AvgIpc) is 3.06. The van der Waals surface area contributed by atoms with Crippen LogP contribution in [0.3, 0.4) is 0 Å². The van der Waals surface area contributed by atoms with Crippen molar-refractivity contribution in [1.29, 1.82) is 0 Å². The lowest BCUT2D eigenvalue weighted by Crippen LogP contribution is -2.32. The van der Waals surface area contributed by atoms with Crippen LogP contribution >= 0.6 is 0 Å². The highest BCUT2D eigenvalue weighted by atomic mass is 16.5. The van der Waals surface area contributed by atoms with Gasteiger partial charge in [-0.3, -0.25) is 0 Å². The van der Waals surface area contributed by atoms with Crippen molar-refractivity contribution >= 4 is 6.29 Å². The Hall–Kier alpha value is -2.23. The maximum atomic E-state index is 12.2. The molecule has 1 unspecified atom stereocenters. The number of aldehydes is 1. The lowest BCUT2D eigenvalue weighted by atomic mass is 9.77. The van der Waals surface area contributed by atoms with Crippen molar-refractivity contribution in [2.45, 2.75) is 52.2 Å². The van der Waals surface area contributed by atoms with E-state index in [1.807, 2.05) is 36.4 Å². The minimum absolute atomic E-state index is 0.213. The van der Waals surface area contributed by atoms with E-state index in [4.69, 9.17) is 9.47 Å². The Morgan fingerprint density at radius 3 is 1.93 bits per heavy atom. The van der Waals surface area contributed by atoms with Gasteiger partial charge in [-0.05, 0) is 30.4 Å². The first-order valence-electron chi connectivity index (χ1n) is 11.0. The number of unbranched alkanes of at least 4 members (excludes halogenated alkanes) is 1. The van der Waals surface area contributed by atoms with Crippen molar-refractivity contribution < 1.29 is 14.3 Å². The number of rotatable bonds is 12. The van der Waals surface area contributed by atoms with Crippen molar-refractivity contribution in [2.24, 2.45) is 10.8 Å². The van der Waals surface area contributed by atoms with Gasteiger partial charge in [0.25, 0.3) is 0 Å². The zero-order valence-corrected chi connectivity index (χ0v) is 18.1. The third kappa shape index (κ3) is 5.68. The summed E-state index contributed by atoms with van der Waals surface area (Å²) in [6.45, 7) is 8.75. The monoisotopic (exact) mass is 406 g/mol. The summed E-state index contributed by atoms with van der Waals surface area (Å²) in [7, 11) is 0. The van der Waals surface area contributed by atoms with Crippen LogP contribution in [0.2, 0.25) is 0 Å². The van der Waals surface area contributed by atoms with E-state index in [0.29, 0.717) is 26.4 Å². The third-order valence-corrected chi connectivity index (χ3v) is 6.22. The Bertz CT molecular complexity index is 754. The standard InChI is InChI=1S/C27H34O3/c1-3-4-15-27(20-28)19-26(16-23(27)2,21-29-17-24-11-7-5-8-12-24)22-30-18-25-13-9-6-10-14-25/h5-14,20H,2-4,15-19,21-22H2,1H3. The summed E-state index contributed by atoms with van der Waals surface area (Å²) in [6, 6.07) is 20.4. The number of hydrogen-bond donors (Lipinski definition) is 0. The first kappa shape index (κ1) is 22.5. The molecule has 3 nitrogen and oxygen atoms in total. The summed E-state index contributed by atoms with van der Waals surface area (Å²) in [5.41, 5.74) is 2.69. The van der Waals surface area contributed by atoms with Crippen LogP contribution < -0.4 is 0 Å². The minimum Gasteiger partial charge on any atom is -0.376 e. The quantitative estimate of drug-likeness (QED) is 0.314. The number of hydrogen-bond acceptors (Lipinski definition) is 3. The van der Waals surface area contributed by atoms with Gasteiger partial charge in [-0.1, -0.05) is 92.6 Å². The van der Waals surface area contributed by atoms with Gasteiger partial charge in [0.15, 0.2) is 0 Å². The fourth-order valence-corrected chi connectivity index (χ4v) is 4.59. The molecule has 0 N–H and O–H groups in total. The molecule has 0 aromatic heterocycles. The zero-order chi connectivity index (χ0) is 21.3. The lowest BCUT2D eigenvalue weighted by Gasteiger charge is -2.31. The van der Waals surface area contributed by atoms with E-state index in [2.05, 4.69) is 37.8 Å². The van der Waals surface area contributed by atoms with Gasteiger partial charge in [-0.2, -0.15) is 0 Å². The Morgan fingerprint density at radius 2 is 1.47 bits per heavy atom. The van der Waals surface area contributed by atoms with Crippen LogP contribution in [0.15, 0.2) is 72.8 Å². The molecule has 3 heteroatoms. The highest BCUT2D eigenvalue weighted by molar-refractivity contribution is 5.66. The molecule has 2 aromatic rings. The highest BCUT2D eigenvalue weighted by Gasteiger charge is 2.50. The second kappa shape index (κ2) is 10.7. The molecule has 160 valence electrons. The summed E-state index contributed by atoms with van der Waals surface area (Å²) in [6.07, 6.45) is 5.64. The van der Waals surface area contributed by atoms with Crippen LogP contribution in [-0.4, -0.2) is 19.5 Å². The molecule has 0 spiro atoms. The molecule has 2 aromatic carbocycles. The van der Waals surface area contributed by atoms with Crippen LogP contribution in [-0.2, 0) is 27.5 Å². The van der Waals surface area contributed by atoms with Gasteiger partial charge < -0.3 is 14.3 Å². The van der Waals surface area contributed by atoms with Gasteiger partial charge in [-0.15, -0.1) is 0 Å². The zero-order valence-electron chi connectivity index (χ0n) is 18.1. The first-order chi connectivity index (χ1) is 14.6. The largest absolute Gasteiger partial charge is 0.376 e. The number of allylic oxidation sites excluding steroid dienone is 1. The lowest BCUT2D eigenvalue weighted by molar-refractivity contribution is -0.116. The van der Waals surface area contributed by atoms with Crippen molar-refractivity contribution in [2.75, 3.05) is 13.2 Å². The van der Waals surface area contributed by atoms with Crippen molar-refractivity contribution in [1.82, 2.24) is 0 Å². The second-order valence-corrected chi connectivity index (χ2v) is 8.79. The van der Waals surface area contributed by atoms with Crippen molar-refractivity contribution in [3.63, 3.8) is 0 Å². The molecule has 0 bridgehead atoms. The molecule has 1 aliphatic rings. The molecule has 1 aliphatic carbocycles. The molecule has 0 aliphatic heterocycles. The normalized spacial score (nSPS) is 20.4. The number of carbonyl (C=O) groups excluding carboxylic acids is 1.